The molecule has 0 bridgehead atoms. The van der Waals surface area contributed by atoms with Gasteiger partial charge in [0, 0.05) is 6.54 Å². The maximum Gasteiger partial charge on any atom is 0.266 e. The predicted molar refractivity (Wildman–Crippen MR) is 67.3 cm³/mol. The second-order valence-electron chi connectivity index (χ2n) is 4.36. The zero-order valence-corrected chi connectivity index (χ0v) is 11.3. The van der Waals surface area contributed by atoms with E-state index in [1.54, 1.807) is 0 Å². The fraction of sp³-hybridized carbons (Fsp3) is 1.00. The Hall–Kier alpha value is -0.130. The van der Waals surface area contributed by atoms with Crippen LogP contribution in [0.25, 0.3) is 0 Å². The van der Waals surface area contributed by atoms with E-state index in [9.17, 15) is 8.42 Å². The zero-order valence-electron chi connectivity index (χ0n) is 10.5. The van der Waals surface area contributed by atoms with Crippen LogP contribution in [0.5, 0.6) is 0 Å². The lowest BCUT2D eigenvalue weighted by atomic mass is 10.1. The first-order valence-corrected chi connectivity index (χ1v) is 7.70. The Morgan fingerprint density at radius 3 is 2.12 bits per heavy atom. The van der Waals surface area contributed by atoms with Gasteiger partial charge in [-0.3, -0.25) is 4.55 Å². The van der Waals surface area contributed by atoms with Gasteiger partial charge in [0.15, 0.2) is 0 Å². The Labute approximate surface area is 99.8 Å². The smallest absolute Gasteiger partial charge is 0.266 e. The predicted octanol–water partition coefficient (Wildman–Crippen LogP) is 2.17. The molecule has 0 aromatic rings. The lowest BCUT2D eigenvalue weighted by molar-refractivity contribution is 0.337. The number of unbranched alkanes of at least 4 members (excludes halogenated alkanes) is 5. The first-order valence-electron chi connectivity index (χ1n) is 6.09. The summed E-state index contributed by atoms with van der Waals surface area (Å²) in [7, 11) is -1.92. The third-order valence-corrected chi connectivity index (χ3v) is 3.32. The van der Waals surface area contributed by atoms with Crippen molar-refractivity contribution < 1.29 is 13.0 Å². The molecule has 0 aliphatic carbocycles. The van der Waals surface area contributed by atoms with Gasteiger partial charge >= 0.3 is 0 Å². The third-order valence-electron chi connectivity index (χ3n) is 2.62. The number of rotatable bonds is 10. The summed E-state index contributed by atoms with van der Waals surface area (Å²) < 4.78 is 29.6. The highest BCUT2D eigenvalue weighted by Gasteiger charge is 2.06. The second-order valence-corrected chi connectivity index (χ2v) is 5.93. The van der Waals surface area contributed by atoms with Crippen LogP contribution >= 0.6 is 0 Å². The van der Waals surface area contributed by atoms with E-state index in [0.29, 0.717) is 6.54 Å². The zero-order chi connectivity index (χ0) is 12.4. The lowest BCUT2D eigenvalue weighted by Gasteiger charge is -2.15. The van der Waals surface area contributed by atoms with E-state index in [1.807, 2.05) is 11.9 Å². The minimum absolute atomic E-state index is 0.167. The Balaban J connectivity index is 3.34. The van der Waals surface area contributed by atoms with Gasteiger partial charge in [-0.1, -0.05) is 39.0 Å². The Bertz CT molecular complexity index is 252. The van der Waals surface area contributed by atoms with Crippen molar-refractivity contribution in [3.63, 3.8) is 0 Å². The summed E-state index contributed by atoms with van der Waals surface area (Å²) in [4.78, 5) is 1.95. The van der Waals surface area contributed by atoms with E-state index in [1.165, 1.54) is 32.1 Å². The highest BCUT2D eigenvalue weighted by molar-refractivity contribution is 7.85. The molecule has 0 aromatic heterocycles. The molecule has 0 spiro atoms. The number of hydrogen-bond acceptors (Lipinski definition) is 3. The van der Waals surface area contributed by atoms with Crippen molar-refractivity contribution in [1.29, 1.82) is 0 Å². The molecule has 0 amide bonds. The molecule has 0 aliphatic rings. The first kappa shape index (κ1) is 15.9. The second kappa shape index (κ2) is 8.96. The summed E-state index contributed by atoms with van der Waals surface area (Å²) in [6.07, 6.45) is 7.43. The van der Waals surface area contributed by atoms with E-state index < -0.39 is 10.1 Å². The molecular weight excluding hydrogens is 226 g/mol. The van der Waals surface area contributed by atoms with Crippen molar-refractivity contribution >= 4 is 10.1 Å². The Morgan fingerprint density at radius 1 is 1.00 bits per heavy atom. The van der Waals surface area contributed by atoms with Crippen LogP contribution in [-0.2, 0) is 10.1 Å². The van der Waals surface area contributed by atoms with Crippen molar-refractivity contribution in [3.8, 4) is 0 Å². The molecular formula is C11H25NO3S. The first-order chi connectivity index (χ1) is 7.45. The molecule has 0 atom stereocenters. The molecule has 0 saturated heterocycles. The molecule has 98 valence electrons. The largest absolute Gasteiger partial charge is 0.305 e. The van der Waals surface area contributed by atoms with E-state index in [2.05, 4.69) is 6.92 Å². The third kappa shape index (κ3) is 11.9. The van der Waals surface area contributed by atoms with Gasteiger partial charge in [0.2, 0.25) is 0 Å². The van der Waals surface area contributed by atoms with Gasteiger partial charge < -0.3 is 4.90 Å². The molecule has 0 radical (unpaired) electrons. The molecule has 0 unspecified atom stereocenters. The van der Waals surface area contributed by atoms with E-state index >= 15 is 0 Å². The highest BCUT2D eigenvalue weighted by Crippen LogP contribution is 2.05. The van der Waals surface area contributed by atoms with Crippen molar-refractivity contribution in [1.82, 2.24) is 4.90 Å². The van der Waals surface area contributed by atoms with Crippen molar-refractivity contribution in [2.45, 2.75) is 45.4 Å². The average Bonchev–Trinajstić information content (AvgIpc) is 2.19. The topological polar surface area (TPSA) is 57.6 Å². The van der Waals surface area contributed by atoms with Crippen LogP contribution in [0.2, 0.25) is 0 Å². The van der Waals surface area contributed by atoms with Crippen molar-refractivity contribution in [3.05, 3.63) is 0 Å². The molecule has 0 heterocycles. The van der Waals surface area contributed by atoms with Gasteiger partial charge in [0.1, 0.15) is 0 Å². The molecule has 1 N–H and O–H groups in total. The fourth-order valence-electron chi connectivity index (χ4n) is 1.55. The summed E-state index contributed by atoms with van der Waals surface area (Å²) in [6.45, 7) is 3.51. The minimum atomic E-state index is -3.80. The van der Waals surface area contributed by atoms with Crippen LogP contribution in [0.15, 0.2) is 0 Å². The van der Waals surface area contributed by atoms with Crippen molar-refractivity contribution in [2.24, 2.45) is 0 Å². The molecule has 0 saturated carbocycles. The van der Waals surface area contributed by atoms with E-state index in [-0.39, 0.29) is 5.75 Å². The van der Waals surface area contributed by atoms with Crippen LogP contribution in [0.1, 0.15) is 45.4 Å². The number of nitrogens with zero attached hydrogens (tertiary/aromatic N) is 1. The minimum Gasteiger partial charge on any atom is -0.305 e. The summed E-state index contributed by atoms with van der Waals surface area (Å²) in [6, 6.07) is 0. The van der Waals surface area contributed by atoms with Gasteiger partial charge in [0.05, 0.1) is 5.75 Å². The molecule has 16 heavy (non-hydrogen) atoms. The Kier molecular flexibility index (Phi) is 8.89. The molecule has 0 aromatic carbocycles. The monoisotopic (exact) mass is 251 g/mol. The normalized spacial score (nSPS) is 12.2. The maximum atomic E-state index is 10.5. The van der Waals surface area contributed by atoms with E-state index in [0.717, 1.165) is 13.0 Å². The summed E-state index contributed by atoms with van der Waals surface area (Å²) in [5, 5.41) is 0. The molecule has 0 rings (SSSR count). The molecule has 0 aliphatic heterocycles. The van der Waals surface area contributed by atoms with Crippen LogP contribution in [0.4, 0.5) is 0 Å². The van der Waals surface area contributed by atoms with Crippen LogP contribution in [-0.4, -0.2) is 43.8 Å². The SMILES string of the molecule is CCCCCCCCN(C)CCS(=O)(=O)O. The van der Waals surface area contributed by atoms with Gasteiger partial charge in [-0.2, -0.15) is 8.42 Å². The van der Waals surface area contributed by atoms with Gasteiger partial charge in [0.25, 0.3) is 10.1 Å². The molecule has 4 nitrogen and oxygen atoms in total. The van der Waals surface area contributed by atoms with Crippen LogP contribution < -0.4 is 0 Å². The van der Waals surface area contributed by atoms with Crippen LogP contribution in [0, 0.1) is 0 Å². The van der Waals surface area contributed by atoms with Crippen molar-refractivity contribution in [2.75, 3.05) is 25.9 Å². The summed E-state index contributed by atoms with van der Waals surface area (Å²) in [5.74, 6) is -0.167. The maximum absolute atomic E-state index is 10.5. The van der Waals surface area contributed by atoms with Gasteiger partial charge in [-0.05, 0) is 20.0 Å². The fourth-order valence-corrected chi connectivity index (χ4v) is 2.09. The van der Waals surface area contributed by atoms with Gasteiger partial charge in [-0.15, -0.1) is 0 Å². The number of hydrogen-bond donors (Lipinski definition) is 1. The van der Waals surface area contributed by atoms with Gasteiger partial charge in [-0.25, -0.2) is 0 Å². The average molecular weight is 251 g/mol. The molecule has 0 fully saturated rings. The van der Waals surface area contributed by atoms with E-state index in [4.69, 9.17) is 4.55 Å². The Morgan fingerprint density at radius 2 is 1.56 bits per heavy atom. The highest BCUT2D eigenvalue weighted by atomic mass is 32.2. The summed E-state index contributed by atoms with van der Waals surface area (Å²) >= 11 is 0. The quantitative estimate of drug-likeness (QED) is 0.477. The standard InChI is InChI=1S/C11H25NO3S/c1-3-4-5-6-7-8-9-12(2)10-11-16(13,14)15/h3-11H2,1-2H3,(H,13,14,15). The lowest BCUT2D eigenvalue weighted by Crippen LogP contribution is -2.26. The molecule has 5 heteroatoms. The van der Waals surface area contributed by atoms with Crippen LogP contribution in [0.3, 0.4) is 0 Å². The summed E-state index contributed by atoms with van der Waals surface area (Å²) in [5.41, 5.74) is 0.